The predicted molar refractivity (Wildman–Crippen MR) is 88.6 cm³/mol. The van der Waals surface area contributed by atoms with E-state index in [1.165, 1.54) is 12.1 Å². The van der Waals surface area contributed by atoms with Crippen LogP contribution in [0.3, 0.4) is 0 Å². The number of primary amides is 1. The largest absolute Gasteiger partial charge is 0.366 e. The van der Waals surface area contributed by atoms with E-state index in [0.29, 0.717) is 23.5 Å². The summed E-state index contributed by atoms with van der Waals surface area (Å²) < 4.78 is 1.72. The molecule has 0 saturated heterocycles. The molecule has 2 aromatic heterocycles. The van der Waals surface area contributed by atoms with E-state index in [0.717, 1.165) is 4.88 Å². The van der Waals surface area contributed by atoms with E-state index in [1.807, 2.05) is 17.5 Å². The Labute approximate surface area is 136 Å². The topological polar surface area (TPSA) is 90.0 Å². The van der Waals surface area contributed by atoms with Gasteiger partial charge < -0.3 is 11.1 Å². The van der Waals surface area contributed by atoms with E-state index < -0.39 is 5.91 Å². The van der Waals surface area contributed by atoms with E-state index in [4.69, 9.17) is 5.73 Å². The Hall–Kier alpha value is -2.93. The van der Waals surface area contributed by atoms with Crippen molar-refractivity contribution in [3.63, 3.8) is 0 Å². The third-order valence-corrected chi connectivity index (χ3v) is 4.14. The summed E-state index contributed by atoms with van der Waals surface area (Å²) in [6.07, 6.45) is 1.64. The maximum atomic E-state index is 12.3. The van der Waals surface area contributed by atoms with Gasteiger partial charge >= 0.3 is 0 Å². The molecule has 0 bridgehead atoms. The number of benzene rings is 1. The fraction of sp³-hybridized carbons (Fsp3) is 0.0625. The van der Waals surface area contributed by atoms with Crippen molar-refractivity contribution < 1.29 is 9.59 Å². The molecule has 116 valence electrons. The third kappa shape index (κ3) is 3.46. The third-order valence-electron chi connectivity index (χ3n) is 3.28. The second-order valence-corrected chi connectivity index (χ2v) is 5.88. The average molecular weight is 326 g/mol. The molecule has 0 atom stereocenters. The van der Waals surface area contributed by atoms with E-state index in [9.17, 15) is 9.59 Å². The summed E-state index contributed by atoms with van der Waals surface area (Å²) >= 11 is 1.63. The Morgan fingerprint density at radius 3 is 2.52 bits per heavy atom. The van der Waals surface area contributed by atoms with Crippen LogP contribution in [0, 0.1) is 0 Å². The SMILES string of the molecule is NC(=O)c1ccc(C(=O)Nc2ccnn2Cc2cccs2)cc1. The molecule has 2 amide bonds. The normalized spacial score (nSPS) is 10.4. The van der Waals surface area contributed by atoms with Gasteiger partial charge in [-0.3, -0.25) is 9.59 Å². The summed E-state index contributed by atoms with van der Waals surface area (Å²) in [4.78, 5) is 24.5. The highest BCUT2D eigenvalue weighted by molar-refractivity contribution is 7.09. The molecule has 0 aliphatic carbocycles. The van der Waals surface area contributed by atoms with Crippen molar-refractivity contribution in [1.82, 2.24) is 9.78 Å². The van der Waals surface area contributed by atoms with Crippen LogP contribution in [0.5, 0.6) is 0 Å². The maximum absolute atomic E-state index is 12.3. The highest BCUT2D eigenvalue weighted by atomic mass is 32.1. The van der Waals surface area contributed by atoms with Crippen molar-refractivity contribution in [3.05, 3.63) is 70.0 Å². The summed E-state index contributed by atoms with van der Waals surface area (Å²) in [5.41, 5.74) is 5.99. The van der Waals surface area contributed by atoms with Crippen LogP contribution >= 0.6 is 11.3 Å². The summed E-state index contributed by atoms with van der Waals surface area (Å²) in [7, 11) is 0. The Morgan fingerprint density at radius 2 is 1.87 bits per heavy atom. The number of thiophene rings is 1. The van der Waals surface area contributed by atoms with Gasteiger partial charge in [0.2, 0.25) is 5.91 Å². The first kappa shape index (κ1) is 15.0. The van der Waals surface area contributed by atoms with Crippen LogP contribution in [0.2, 0.25) is 0 Å². The zero-order chi connectivity index (χ0) is 16.2. The minimum atomic E-state index is -0.522. The number of nitrogens with one attached hydrogen (secondary N) is 1. The van der Waals surface area contributed by atoms with Crippen LogP contribution in [0.4, 0.5) is 5.82 Å². The van der Waals surface area contributed by atoms with E-state index in [2.05, 4.69) is 10.4 Å². The molecule has 1 aromatic carbocycles. The molecule has 0 fully saturated rings. The van der Waals surface area contributed by atoms with Crippen LogP contribution in [0.1, 0.15) is 25.6 Å². The minimum absolute atomic E-state index is 0.269. The number of aromatic nitrogens is 2. The number of hydrogen-bond donors (Lipinski definition) is 2. The average Bonchev–Trinajstić information content (AvgIpc) is 3.20. The van der Waals surface area contributed by atoms with Gasteiger partial charge in [0, 0.05) is 22.1 Å². The molecule has 0 aliphatic rings. The van der Waals surface area contributed by atoms with Crippen molar-refractivity contribution in [3.8, 4) is 0 Å². The highest BCUT2D eigenvalue weighted by Gasteiger charge is 2.11. The molecule has 3 N–H and O–H groups in total. The standard InChI is InChI=1S/C16H14N4O2S/c17-15(21)11-3-5-12(6-4-11)16(22)19-14-7-8-18-20(14)10-13-2-1-9-23-13/h1-9H,10H2,(H2,17,21)(H,19,22). The first-order valence-corrected chi connectivity index (χ1v) is 7.77. The molecular weight excluding hydrogens is 312 g/mol. The number of rotatable bonds is 5. The van der Waals surface area contributed by atoms with Gasteiger partial charge in [0.1, 0.15) is 5.82 Å². The Balaban J connectivity index is 1.73. The fourth-order valence-electron chi connectivity index (χ4n) is 2.09. The van der Waals surface area contributed by atoms with Crippen LogP contribution in [0.25, 0.3) is 0 Å². The van der Waals surface area contributed by atoms with E-state index >= 15 is 0 Å². The van der Waals surface area contributed by atoms with Gasteiger partial charge in [0.25, 0.3) is 5.91 Å². The minimum Gasteiger partial charge on any atom is -0.366 e. The smallest absolute Gasteiger partial charge is 0.256 e. The van der Waals surface area contributed by atoms with Crippen LogP contribution in [-0.2, 0) is 6.54 Å². The lowest BCUT2D eigenvalue weighted by Crippen LogP contribution is -2.16. The molecule has 2 heterocycles. The lowest BCUT2D eigenvalue weighted by molar-refractivity contribution is 0.0995. The molecule has 0 spiro atoms. The molecule has 23 heavy (non-hydrogen) atoms. The van der Waals surface area contributed by atoms with Crippen molar-refractivity contribution in [2.24, 2.45) is 5.73 Å². The number of hydrogen-bond acceptors (Lipinski definition) is 4. The molecular formula is C16H14N4O2S. The van der Waals surface area contributed by atoms with Crippen molar-refractivity contribution in [1.29, 1.82) is 0 Å². The van der Waals surface area contributed by atoms with Crippen molar-refractivity contribution >= 4 is 29.0 Å². The van der Waals surface area contributed by atoms with Gasteiger partial charge in [-0.25, -0.2) is 4.68 Å². The molecule has 0 radical (unpaired) electrons. The Morgan fingerprint density at radius 1 is 1.13 bits per heavy atom. The highest BCUT2D eigenvalue weighted by Crippen LogP contribution is 2.15. The van der Waals surface area contributed by atoms with Gasteiger partial charge in [0.05, 0.1) is 12.7 Å². The molecule has 7 heteroatoms. The van der Waals surface area contributed by atoms with Gasteiger partial charge in [-0.05, 0) is 35.7 Å². The van der Waals surface area contributed by atoms with Gasteiger partial charge in [-0.1, -0.05) is 6.07 Å². The Bertz CT molecular complexity index is 822. The first-order chi connectivity index (χ1) is 11.1. The molecule has 6 nitrogen and oxygen atoms in total. The maximum Gasteiger partial charge on any atom is 0.256 e. The van der Waals surface area contributed by atoms with Crippen LogP contribution in [0.15, 0.2) is 54.0 Å². The van der Waals surface area contributed by atoms with Gasteiger partial charge in [-0.15, -0.1) is 11.3 Å². The van der Waals surface area contributed by atoms with Crippen molar-refractivity contribution in [2.75, 3.05) is 5.32 Å². The first-order valence-electron chi connectivity index (χ1n) is 6.89. The van der Waals surface area contributed by atoms with Gasteiger partial charge in [0.15, 0.2) is 0 Å². The van der Waals surface area contributed by atoms with Crippen LogP contribution < -0.4 is 11.1 Å². The predicted octanol–water partition coefficient (Wildman–Crippen LogP) is 2.34. The summed E-state index contributed by atoms with van der Waals surface area (Å²) in [5, 5.41) is 9.04. The number of nitrogens with two attached hydrogens (primary N) is 1. The number of carbonyl (C=O) groups is 2. The summed E-state index contributed by atoms with van der Waals surface area (Å²) in [6.45, 7) is 0.598. The quantitative estimate of drug-likeness (QED) is 0.754. The zero-order valence-corrected chi connectivity index (χ0v) is 12.9. The Kier molecular flexibility index (Phi) is 4.20. The lowest BCUT2D eigenvalue weighted by Gasteiger charge is -2.08. The molecule has 3 aromatic rings. The van der Waals surface area contributed by atoms with Crippen LogP contribution in [-0.4, -0.2) is 21.6 Å². The summed E-state index contributed by atoms with van der Waals surface area (Å²) in [6, 6.07) is 11.9. The van der Waals surface area contributed by atoms with E-state index in [-0.39, 0.29) is 5.91 Å². The molecule has 0 unspecified atom stereocenters. The monoisotopic (exact) mass is 326 g/mol. The molecule has 0 aliphatic heterocycles. The zero-order valence-electron chi connectivity index (χ0n) is 12.1. The number of carbonyl (C=O) groups excluding carboxylic acids is 2. The molecule has 3 rings (SSSR count). The second-order valence-electron chi connectivity index (χ2n) is 4.85. The second kappa shape index (κ2) is 6.45. The number of nitrogens with zero attached hydrogens (tertiary/aromatic N) is 2. The number of amides is 2. The van der Waals surface area contributed by atoms with Gasteiger partial charge in [-0.2, -0.15) is 5.10 Å². The lowest BCUT2D eigenvalue weighted by atomic mass is 10.1. The molecule has 0 saturated carbocycles. The van der Waals surface area contributed by atoms with Crippen molar-refractivity contribution in [2.45, 2.75) is 6.54 Å². The fourth-order valence-corrected chi connectivity index (χ4v) is 2.78. The van der Waals surface area contributed by atoms with E-state index in [1.54, 1.807) is 40.4 Å². The number of anilines is 1. The summed E-state index contributed by atoms with van der Waals surface area (Å²) in [5.74, 6) is -0.178.